The van der Waals surface area contributed by atoms with Gasteiger partial charge in [-0.05, 0) is 30.7 Å². The number of hydrogen-bond acceptors (Lipinski definition) is 4. The summed E-state index contributed by atoms with van der Waals surface area (Å²) in [4.78, 5) is 14.7. The molecule has 1 N–H and O–H groups in total. The number of hydrogen-bond donors (Lipinski definition) is 1. The van der Waals surface area contributed by atoms with Crippen molar-refractivity contribution in [1.29, 1.82) is 0 Å². The van der Waals surface area contributed by atoms with Crippen LogP contribution >= 0.6 is 11.3 Å². The zero-order valence-electron chi connectivity index (χ0n) is 13.0. The molecule has 0 spiro atoms. The number of amides is 1. The van der Waals surface area contributed by atoms with E-state index in [4.69, 9.17) is 0 Å². The third kappa shape index (κ3) is 4.24. The topological polar surface area (TPSA) is 59.8 Å². The Morgan fingerprint density at radius 2 is 2.12 bits per heavy atom. The van der Waals surface area contributed by atoms with Gasteiger partial charge in [0.1, 0.15) is 4.88 Å². The van der Waals surface area contributed by atoms with Crippen LogP contribution in [0.5, 0.6) is 0 Å². The van der Waals surface area contributed by atoms with Crippen LogP contribution < -0.4 is 5.32 Å². The monoisotopic (exact) mass is 366 g/mol. The van der Waals surface area contributed by atoms with E-state index >= 15 is 0 Å². The van der Waals surface area contributed by atoms with Crippen LogP contribution in [0, 0.1) is 6.92 Å². The minimum absolute atomic E-state index is 0.0558. The molecule has 0 bridgehead atoms. The number of carbonyl (C=O) groups is 1. The van der Waals surface area contributed by atoms with Gasteiger partial charge in [-0.1, -0.05) is 23.5 Å². The summed E-state index contributed by atoms with van der Waals surface area (Å²) in [5.41, 5.74) is 2.45. The number of halogens is 3. The van der Waals surface area contributed by atoms with E-state index in [1.807, 2.05) is 31.2 Å². The van der Waals surface area contributed by atoms with E-state index < -0.39 is 17.0 Å². The summed E-state index contributed by atoms with van der Waals surface area (Å²) < 4.78 is 39.2. The number of nitrogens with zero attached hydrogens (tertiary/aromatic N) is 3. The average Bonchev–Trinajstić information content (AvgIpc) is 3.16. The number of rotatable bonds is 4. The quantitative estimate of drug-likeness (QED) is 0.763. The van der Waals surface area contributed by atoms with Gasteiger partial charge in [-0.2, -0.15) is 18.3 Å². The molecule has 2 aromatic heterocycles. The minimum Gasteiger partial charge on any atom is -0.302 e. The van der Waals surface area contributed by atoms with E-state index in [0.717, 1.165) is 11.3 Å². The van der Waals surface area contributed by atoms with Crippen LogP contribution in [0.3, 0.4) is 0 Å². The summed E-state index contributed by atoms with van der Waals surface area (Å²) in [6.45, 7) is 1.96. The summed E-state index contributed by atoms with van der Waals surface area (Å²) in [6, 6.07) is 9.39. The number of thiazole rings is 1. The largest absolute Gasteiger partial charge is 0.427 e. The molecule has 1 amide bonds. The van der Waals surface area contributed by atoms with Crippen molar-refractivity contribution < 1.29 is 18.0 Å². The molecule has 3 aromatic rings. The van der Waals surface area contributed by atoms with E-state index in [0.29, 0.717) is 23.2 Å². The van der Waals surface area contributed by atoms with Gasteiger partial charge >= 0.3 is 6.18 Å². The van der Waals surface area contributed by atoms with Crippen molar-refractivity contribution in [2.24, 2.45) is 0 Å². The second kappa shape index (κ2) is 6.67. The fourth-order valence-electron chi connectivity index (χ4n) is 2.16. The van der Waals surface area contributed by atoms with Gasteiger partial charge in [0, 0.05) is 6.20 Å². The van der Waals surface area contributed by atoms with E-state index in [1.165, 1.54) is 0 Å². The van der Waals surface area contributed by atoms with Gasteiger partial charge in [0.05, 0.1) is 24.0 Å². The first-order valence-electron chi connectivity index (χ1n) is 7.26. The van der Waals surface area contributed by atoms with Gasteiger partial charge in [0.25, 0.3) is 0 Å². The highest BCUT2D eigenvalue weighted by atomic mass is 32.1. The van der Waals surface area contributed by atoms with Crippen molar-refractivity contribution in [1.82, 2.24) is 14.8 Å². The Morgan fingerprint density at radius 3 is 2.80 bits per heavy atom. The Morgan fingerprint density at radius 1 is 1.32 bits per heavy atom. The van der Waals surface area contributed by atoms with Gasteiger partial charge in [0.2, 0.25) is 5.91 Å². The molecular formula is C16H13F3N4OS. The Kier molecular flexibility index (Phi) is 4.58. The van der Waals surface area contributed by atoms with Gasteiger partial charge in [-0.3, -0.25) is 4.79 Å². The van der Waals surface area contributed by atoms with Crippen LogP contribution in [0.2, 0.25) is 0 Å². The van der Waals surface area contributed by atoms with E-state index in [2.05, 4.69) is 15.4 Å². The number of alkyl halides is 3. The van der Waals surface area contributed by atoms with Crippen LogP contribution in [-0.4, -0.2) is 20.7 Å². The predicted molar refractivity (Wildman–Crippen MR) is 87.8 cm³/mol. The highest BCUT2D eigenvalue weighted by Crippen LogP contribution is 2.34. The molecule has 0 aliphatic rings. The molecule has 0 radical (unpaired) electrons. The van der Waals surface area contributed by atoms with Crippen molar-refractivity contribution in [2.45, 2.75) is 19.5 Å². The standard InChI is InChI=1S/C16H13F3N4OS/c1-10-3-2-4-12(7-10)23-6-5-11(22-23)8-14(24)21-15-20-9-13(25-15)16(17,18)19/h2-7,9H,8H2,1H3,(H,20,21,24). The number of anilines is 1. The molecule has 0 saturated carbocycles. The van der Waals surface area contributed by atoms with Crippen LogP contribution in [0.25, 0.3) is 5.69 Å². The van der Waals surface area contributed by atoms with Crippen LogP contribution in [0.15, 0.2) is 42.7 Å². The number of aryl methyl sites for hydroxylation is 1. The predicted octanol–water partition coefficient (Wildman–Crippen LogP) is 3.84. The number of aromatic nitrogens is 3. The second-order valence-electron chi connectivity index (χ2n) is 5.34. The molecule has 5 nitrogen and oxygen atoms in total. The number of nitrogens with one attached hydrogen (secondary N) is 1. The first kappa shape index (κ1) is 17.2. The molecule has 0 fully saturated rings. The maximum Gasteiger partial charge on any atom is 0.427 e. The smallest absolute Gasteiger partial charge is 0.302 e. The molecular weight excluding hydrogens is 353 g/mol. The molecule has 0 saturated heterocycles. The van der Waals surface area contributed by atoms with Gasteiger partial charge < -0.3 is 5.32 Å². The summed E-state index contributed by atoms with van der Waals surface area (Å²) >= 11 is 0.389. The number of carbonyl (C=O) groups excluding carboxylic acids is 1. The van der Waals surface area contributed by atoms with E-state index in [1.54, 1.807) is 16.9 Å². The van der Waals surface area contributed by atoms with E-state index in [9.17, 15) is 18.0 Å². The maximum atomic E-state index is 12.5. The lowest BCUT2D eigenvalue weighted by Gasteiger charge is -2.02. The minimum atomic E-state index is -4.47. The zero-order chi connectivity index (χ0) is 18.0. The SMILES string of the molecule is Cc1cccc(-n2ccc(CC(=O)Nc3ncc(C(F)(F)F)s3)n2)c1. The van der Waals surface area contributed by atoms with Gasteiger partial charge in [-0.25, -0.2) is 9.67 Å². The van der Waals surface area contributed by atoms with Crippen molar-refractivity contribution in [2.75, 3.05) is 5.32 Å². The summed E-state index contributed by atoms with van der Waals surface area (Å²) in [5.74, 6) is -0.474. The Labute approximate surface area is 145 Å². The molecule has 3 rings (SSSR count). The Bertz CT molecular complexity index is 901. The first-order valence-corrected chi connectivity index (χ1v) is 8.07. The Balaban J connectivity index is 1.65. The maximum absolute atomic E-state index is 12.5. The summed E-state index contributed by atoms with van der Waals surface area (Å²) in [5, 5.41) is 6.58. The van der Waals surface area contributed by atoms with Gasteiger partial charge in [-0.15, -0.1) is 0 Å². The highest BCUT2D eigenvalue weighted by Gasteiger charge is 2.33. The zero-order valence-corrected chi connectivity index (χ0v) is 13.9. The molecule has 2 heterocycles. The highest BCUT2D eigenvalue weighted by molar-refractivity contribution is 7.15. The van der Waals surface area contributed by atoms with Crippen molar-refractivity contribution in [3.05, 3.63) is 58.9 Å². The van der Waals surface area contributed by atoms with Crippen molar-refractivity contribution >= 4 is 22.4 Å². The fourth-order valence-corrected chi connectivity index (χ4v) is 2.86. The summed E-state index contributed by atoms with van der Waals surface area (Å²) in [6.07, 6.45) is -2.09. The fraction of sp³-hybridized carbons (Fsp3) is 0.188. The molecule has 25 heavy (non-hydrogen) atoms. The normalized spacial score (nSPS) is 11.5. The van der Waals surface area contributed by atoms with Crippen LogP contribution in [0.4, 0.5) is 18.3 Å². The van der Waals surface area contributed by atoms with Crippen LogP contribution in [0.1, 0.15) is 16.1 Å². The Hall–Kier alpha value is -2.68. The van der Waals surface area contributed by atoms with Crippen LogP contribution in [-0.2, 0) is 17.4 Å². The molecule has 130 valence electrons. The molecule has 0 aliphatic carbocycles. The van der Waals surface area contributed by atoms with Crippen molar-refractivity contribution in [3.63, 3.8) is 0 Å². The third-order valence-corrected chi connectivity index (χ3v) is 4.24. The lowest BCUT2D eigenvalue weighted by Crippen LogP contribution is -2.14. The molecule has 1 aromatic carbocycles. The second-order valence-corrected chi connectivity index (χ2v) is 6.37. The lowest BCUT2D eigenvalue weighted by atomic mass is 10.2. The molecule has 9 heteroatoms. The van der Waals surface area contributed by atoms with Gasteiger partial charge in [0.15, 0.2) is 5.13 Å². The first-order chi connectivity index (χ1) is 11.8. The molecule has 0 aliphatic heterocycles. The average molecular weight is 366 g/mol. The molecule has 0 unspecified atom stereocenters. The number of benzene rings is 1. The molecule has 0 atom stereocenters. The third-order valence-electron chi connectivity index (χ3n) is 3.28. The van der Waals surface area contributed by atoms with E-state index in [-0.39, 0.29) is 11.6 Å². The lowest BCUT2D eigenvalue weighted by molar-refractivity contribution is -0.134. The summed E-state index contributed by atoms with van der Waals surface area (Å²) in [7, 11) is 0. The van der Waals surface area contributed by atoms with Crippen molar-refractivity contribution in [3.8, 4) is 5.69 Å².